The molecular weight excluding hydrogens is 180 g/mol. The summed E-state index contributed by atoms with van der Waals surface area (Å²) in [6.07, 6.45) is 7.70. The standard InChI is InChI=1S/C11H14O3/c1-4-5-8-14-11(13)7-6-10(12)9(2)3/h1,6-7,9H,5,8H2,2-3H3/b7-6+. The molecule has 0 aromatic heterocycles. The highest BCUT2D eigenvalue weighted by Gasteiger charge is 2.03. The zero-order chi connectivity index (χ0) is 11.0. The van der Waals surface area contributed by atoms with Crippen LogP contribution in [0.4, 0.5) is 0 Å². The van der Waals surface area contributed by atoms with Crippen LogP contribution in [0.1, 0.15) is 20.3 Å². The summed E-state index contributed by atoms with van der Waals surface area (Å²) < 4.78 is 4.69. The van der Waals surface area contributed by atoms with Crippen molar-refractivity contribution in [1.29, 1.82) is 0 Å². The van der Waals surface area contributed by atoms with Crippen LogP contribution in [-0.4, -0.2) is 18.4 Å². The number of esters is 1. The van der Waals surface area contributed by atoms with Crippen LogP contribution < -0.4 is 0 Å². The Morgan fingerprint density at radius 2 is 2.07 bits per heavy atom. The summed E-state index contributed by atoms with van der Waals surface area (Å²) in [6, 6.07) is 0. The lowest BCUT2D eigenvalue weighted by Crippen LogP contribution is -2.06. The SMILES string of the molecule is C#CCCOC(=O)/C=C/C(=O)C(C)C. The molecule has 76 valence electrons. The van der Waals surface area contributed by atoms with E-state index in [1.807, 2.05) is 0 Å². The summed E-state index contributed by atoms with van der Waals surface area (Å²) in [5.41, 5.74) is 0. The summed E-state index contributed by atoms with van der Waals surface area (Å²) in [4.78, 5) is 22.0. The van der Waals surface area contributed by atoms with Crippen LogP contribution in [0.3, 0.4) is 0 Å². The third kappa shape index (κ3) is 6.01. The molecule has 0 saturated heterocycles. The summed E-state index contributed by atoms with van der Waals surface area (Å²) in [7, 11) is 0. The van der Waals surface area contributed by atoms with E-state index < -0.39 is 5.97 Å². The quantitative estimate of drug-likeness (QED) is 0.287. The normalized spacial score (nSPS) is 10.1. The van der Waals surface area contributed by atoms with Crippen molar-refractivity contribution < 1.29 is 14.3 Å². The number of ketones is 1. The predicted molar refractivity (Wildman–Crippen MR) is 53.4 cm³/mol. The van der Waals surface area contributed by atoms with Gasteiger partial charge in [-0.25, -0.2) is 4.79 Å². The fourth-order valence-corrected chi connectivity index (χ4v) is 0.601. The van der Waals surface area contributed by atoms with Crippen molar-refractivity contribution in [1.82, 2.24) is 0 Å². The first-order chi connectivity index (χ1) is 6.57. The van der Waals surface area contributed by atoms with E-state index >= 15 is 0 Å². The van der Waals surface area contributed by atoms with Crippen molar-refractivity contribution in [2.75, 3.05) is 6.61 Å². The molecule has 3 heteroatoms. The van der Waals surface area contributed by atoms with Crippen molar-refractivity contribution in [3.8, 4) is 12.3 Å². The number of hydrogen-bond acceptors (Lipinski definition) is 3. The molecule has 0 fully saturated rings. The first-order valence-electron chi connectivity index (χ1n) is 4.40. The molecule has 0 aromatic rings. The van der Waals surface area contributed by atoms with Gasteiger partial charge in [0.05, 0.1) is 0 Å². The highest BCUT2D eigenvalue weighted by molar-refractivity contribution is 5.96. The molecule has 0 saturated carbocycles. The van der Waals surface area contributed by atoms with Gasteiger partial charge in [0, 0.05) is 18.4 Å². The van der Waals surface area contributed by atoms with Crippen molar-refractivity contribution >= 4 is 11.8 Å². The molecule has 14 heavy (non-hydrogen) atoms. The summed E-state index contributed by atoms with van der Waals surface area (Å²) in [5.74, 6) is 1.60. The fraction of sp³-hybridized carbons (Fsp3) is 0.455. The number of carbonyl (C=O) groups excluding carboxylic acids is 2. The second kappa shape index (κ2) is 6.90. The van der Waals surface area contributed by atoms with Crippen LogP contribution in [0.5, 0.6) is 0 Å². The van der Waals surface area contributed by atoms with Gasteiger partial charge in [0.25, 0.3) is 0 Å². The Morgan fingerprint density at radius 3 is 2.57 bits per heavy atom. The molecule has 0 aromatic carbocycles. The van der Waals surface area contributed by atoms with Crippen LogP contribution in [-0.2, 0) is 14.3 Å². The third-order valence-corrected chi connectivity index (χ3v) is 1.44. The van der Waals surface area contributed by atoms with Crippen LogP contribution in [0.2, 0.25) is 0 Å². The minimum atomic E-state index is -0.533. The molecule has 0 bridgehead atoms. The zero-order valence-corrected chi connectivity index (χ0v) is 8.45. The summed E-state index contributed by atoms with van der Waals surface area (Å²) in [6.45, 7) is 3.71. The van der Waals surface area contributed by atoms with Gasteiger partial charge in [-0.05, 0) is 6.08 Å². The Labute approximate surface area is 84.1 Å². The number of hydrogen-bond donors (Lipinski definition) is 0. The Morgan fingerprint density at radius 1 is 1.43 bits per heavy atom. The van der Waals surface area contributed by atoms with E-state index in [4.69, 9.17) is 11.2 Å². The first kappa shape index (κ1) is 12.4. The zero-order valence-electron chi connectivity index (χ0n) is 8.45. The molecule has 0 rings (SSSR count). The van der Waals surface area contributed by atoms with Gasteiger partial charge < -0.3 is 4.74 Å². The summed E-state index contributed by atoms with van der Waals surface area (Å²) in [5, 5.41) is 0. The molecule has 0 unspecified atom stereocenters. The summed E-state index contributed by atoms with van der Waals surface area (Å²) >= 11 is 0. The maximum Gasteiger partial charge on any atom is 0.330 e. The number of ether oxygens (including phenoxy) is 1. The van der Waals surface area contributed by atoms with Crippen molar-refractivity contribution in [3.05, 3.63) is 12.2 Å². The van der Waals surface area contributed by atoms with Crippen molar-refractivity contribution in [2.45, 2.75) is 20.3 Å². The van der Waals surface area contributed by atoms with Gasteiger partial charge in [-0.2, -0.15) is 0 Å². The molecule has 0 radical (unpaired) electrons. The van der Waals surface area contributed by atoms with E-state index in [9.17, 15) is 9.59 Å². The van der Waals surface area contributed by atoms with Crippen LogP contribution in [0.25, 0.3) is 0 Å². The monoisotopic (exact) mass is 194 g/mol. The van der Waals surface area contributed by atoms with E-state index in [0.29, 0.717) is 6.42 Å². The van der Waals surface area contributed by atoms with Crippen LogP contribution in [0.15, 0.2) is 12.2 Å². The number of carbonyl (C=O) groups is 2. The van der Waals surface area contributed by atoms with Crippen LogP contribution >= 0.6 is 0 Å². The lowest BCUT2D eigenvalue weighted by Gasteiger charge is -1.98. The molecule has 0 aliphatic carbocycles. The highest BCUT2D eigenvalue weighted by atomic mass is 16.5. The van der Waals surface area contributed by atoms with Gasteiger partial charge in [0.15, 0.2) is 5.78 Å². The highest BCUT2D eigenvalue weighted by Crippen LogP contribution is 1.95. The van der Waals surface area contributed by atoms with E-state index in [1.165, 1.54) is 6.08 Å². The topological polar surface area (TPSA) is 43.4 Å². The lowest BCUT2D eigenvalue weighted by molar-refractivity contribution is -0.137. The van der Waals surface area contributed by atoms with Gasteiger partial charge in [-0.15, -0.1) is 12.3 Å². The molecule has 0 heterocycles. The van der Waals surface area contributed by atoms with Gasteiger partial charge in [0.1, 0.15) is 6.61 Å². The lowest BCUT2D eigenvalue weighted by atomic mass is 10.1. The van der Waals surface area contributed by atoms with Crippen molar-refractivity contribution in [2.24, 2.45) is 5.92 Å². The molecule has 0 aliphatic rings. The average molecular weight is 194 g/mol. The Balaban J connectivity index is 3.83. The van der Waals surface area contributed by atoms with Gasteiger partial charge in [-0.1, -0.05) is 13.8 Å². The largest absolute Gasteiger partial charge is 0.462 e. The minimum absolute atomic E-state index is 0.0982. The molecular formula is C11H14O3. The van der Waals surface area contributed by atoms with E-state index in [0.717, 1.165) is 6.08 Å². The van der Waals surface area contributed by atoms with E-state index in [2.05, 4.69) is 5.92 Å². The van der Waals surface area contributed by atoms with E-state index in [-0.39, 0.29) is 18.3 Å². The average Bonchev–Trinajstić information content (AvgIpc) is 2.14. The second-order valence-corrected chi connectivity index (χ2v) is 3.01. The molecule has 0 N–H and O–H groups in total. The predicted octanol–water partition coefficient (Wildman–Crippen LogP) is 1.33. The molecule has 0 atom stereocenters. The Bertz CT molecular complexity index is 269. The number of allylic oxidation sites excluding steroid dienone is 1. The third-order valence-electron chi connectivity index (χ3n) is 1.44. The first-order valence-corrected chi connectivity index (χ1v) is 4.40. The van der Waals surface area contributed by atoms with Gasteiger partial charge >= 0.3 is 5.97 Å². The molecule has 3 nitrogen and oxygen atoms in total. The molecule has 0 spiro atoms. The number of rotatable bonds is 5. The van der Waals surface area contributed by atoms with Gasteiger partial charge in [-0.3, -0.25) is 4.79 Å². The Hall–Kier alpha value is -1.56. The van der Waals surface area contributed by atoms with E-state index in [1.54, 1.807) is 13.8 Å². The van der Waals surface area contributed by atoms with Crippen LogP contribution in [0, 0.1) is 18.3 Å². The van der Waals surface area contributed by atoms with Crippen molar-refractivity contribution in [3.63, 3.8) is 0 Å². The smallest absolute Gasteiger partial charge is 0.330 e. The Kier molecular flexibility index (Phi) is 6.13. The molecule has 0 aliphatic heterocycles. The fourth-order valence-electron chi connectivity index (χ4n) is 0.601. The maximum absolute atomic E-state index is 11.1. The maximum atomic E-state index is 11.1. The van der Waals surface area contributed by atoms with Gasteiger partial charge in [0.2, 0.25) is 0 Å². The molecule has 0 amide bonds. The minimum Gasteiger partial charge on any atom is -0.462 e. The second-order valence-electron chi connectivity index (χ2n) is 3.01. The number of terminal acetylenes is 1.